The Labute approximate surface area is 183 Å². The number of amides is 3. The summed E-state index contributed by atoms with van der Waals surface area (Å²) in [6.45, 7) is -0.249. The molecule has 2 aromatic carbocycles. The van der Waals surface area contributed by atoms with E-state index in [1.807, 2.05) is 0 Å². The first-order valence-electron chi connectivity index (χ1n) is 9.68. The smallest absolute Gasteiger partial charge is 0.263 e. The van der Waals surface area contributed by atoms with E-state index in [0.29, 0.717) is 28.6 Å². The minimum atomic E-state index is -1.01. The third-order valence-corrected chi connectivity index (χ3v) is 5.14. The van der Waals surface area contributed by atoms with Crippen LogP contribution in [0, 0.1) is 0 Å². The Kier molecular flexibility index (Phi) is 5.63. The van der Waals surface area contributed by atoms with E-state index in [4.69, 9.17) is 14.2 Å². The van der Waals surface area contributed by atoms with Crippen LogP contribution in [0.3, 0.4) is 0 Å². The molecule has 0 saturated carbocycles. The van der Waals surface area contributed by atoms with Crippen molar-refractivity contribution < 1.29 is 28.6 Å². The molecule has 0 aromatic heterocycles. The Bertz CT molecular complexity index is 1100. The van der Waals surface area contributed by atoms with Crippen LogP contribution in [0.1, 0.15) is 0 Å². The van der Waals surface area contributed by atoms with Crippen LogP contribution in [0.25, 0.3) is 0 Å². The van der Waals surface area contributed by atoms with Crippen molar-refractivity contribution in [1.82, 2.24) is 5.01 Å². The topological polar surface area (TPSA) is 122 Å². The van der Waals surface area contributed by atoms with Gasteiger partial charge in [0.25, 0.3) is 11.8 Å². The average molecular weight is 439 g/mol. The summed E-state index contributed by atoms with van der Waals surface area (Å²) in [5.74, 6) is -0.0310. The molecule has 32 heavy (non-hydrogen) atoms. The summed E-state index contributed by atoms with van der Waals surface area (Å²) in [7, 11) is 4.47. The lowest BCUT2D eigenvalue weighted by atomic mass is 10.1. The highest BCUT2D eigenvalue weighted by Gasteiger charge is 2.55. The second-order valence-corrected chi connectivity index (χ2v) is 7.02. The maximum Gasteiger partial charge on any atom is 0.263 e. The maximum atomic E-state index is 13.1. The molecule has 2 heterocycles. The molecule has 4 rings (SSSR count). The van der Waals surface area contributed by atoms with Crippen molar-refractivity contribution in [3.63, 3.8) is 0 Å². The second kappa shape index (κ2) is 8.53. The molecule has 11 heteroatoms. The Morgan fingerprint density at radius 1 is 1.00 bits per heavy atom. The zero-order chi connectivity index (χ0) is 22.8. The predicted molar refractivity (Wildman–Crippen MR) is 113 cm³/mol. The zero-order valence-electron chi connectivity index (χ0n) is 17.6. The van der Waals surface area contributed by atoms with E-state index in [1.165, 1.54) is 32.4 Å². The third-order valence-electron chi connectivity index (χ3n) is 5.14. The first kappa shape index (κ1) is 21.1. The monoisotopic (exact) mass is 439 g/mol. The number of benzene rings is 2. The molecule has 166 valence electrons. The molecule has 1 saturated heterocycles. The van der Waals surface area contributed by atoms with Crippen molar-refractivity contribution >= 4 is 29.1 Å². The molecule has 0 spiro atoms. The fourth-order valence-corrected chi connectivity index (χ4v) is 3.62. The second-order valence-electron chi connectivity index (χ2n) is 7.02. The lowest BCUT2D eigenvalue weighted by Crippen LogP contribution is -2.43. The molecule has 0 unspecified atom stereocenters. The number of imide groups is 1. The molecule has 3 amide bonds. The summed E-state index contributed by atoms with van der Waals surface area (Å²) >= 11 is 0. The SMILES string of the molecule is COc1cccc(NC(=O)CN2N=N[C@H]3C(=O)N(c4ccc(OC)c(OC)c4)C(=O)[C@@H]32)c1. The van der Waals surface area contributed by atoms with E-state index in [0.717, 1.165) is 4.90 Å². The number of carbonyl (C=O) groups excluding carboxylic acids is 3. The zero-order valence-corrected chi connectivity index (χ0v) is 17.6. The quantitative estimate of drug-likeness (QED) is 0.651. The van der Waals surface area contributed by atoms with Crippen LogP contribution in [0.15, 0.2) is 52.8 Å². The van der Waals surface area contributed by atoms with Gasteiger partial charge in [0.15, 0.2) is 23.6 Å². The molecule has 0 aliphatic carbocycles. The van der Waals surface area contributed by atoms with Gasteiger partial charge in [-0.3, -0.25) is 19.4 Å². The predicted octanol–water partition coefficient (Wildman–Crippen LogP) is 1.64. The lowest BCUT2D eigenvalue weighted by molar-refractivity contribution is -0.123. The van der Waals surface area contributed by atoms with Crippen molar-refractivity contribution in [2.45, 2.75) is 12.1 Å². The summed E-state index contributed by atoms with van der Waals surface area (Å²) in [6, 6.07) is 9.56. The van der Waals surface area contributed by atoms with E-state index in [-0.39, 0.29) is 6.54 Å². The molecule has 2 aliphatic rings. The van der Waals surface area contributed by atoms with Crippen LogP contribution in [0.5, 0.6) is 17.2 Å². The Morgan fingerprint density at radius 3 is 2.50 bits per heavy atom. The fourth-order valence-electron chi connectivity index (χ4n) is 3.62. The van der Waals surface area contributed by atoms with E-state index >= 15 is 0 Å². The highest BCUT2D eigenvalue weighted by Crippen LogP contribution is 2.36. The molecular formula is C21H21N5O6. The highest BCUT2D eigenvalue weighted by atomic mass is 16.5. The molecule has 2 aliphatic heterocycles. The van der Waals surface area contributed by atoms with Crippen LogP contribution in [0.2, 0.25) is 0 Å². The summed E-state index contributed by atoms with van der Waals surface area (Å²) in [4.78, 5) is 39.5. The van der Waals surface area contributed by atoms with Crippen molar-refractivity contribution in [1.29, 1.82) is 0 Å². The van der Waals surface area contributed by atoms with Gasteiger partial charge < -0.3 is 19.5 Å². The number of carbonyl (C=O) groups is 3. The summed E-state index contributed by atoms with van der Waals surface area (Å²) in [6.07, 6.45) is 0. The van der Waals surface area contributed by atoms with Gasteiger partial charge in [-0.15, -0.1) is 0 Å². The van der Waals surface area contributed by atoms with Crippen molar-refractivity contribution in [3.8, 4) is 17.2 Å². The van der Waals surface area contributed by atoms with Crippen LogP contribution >= 0.6 is 0 Å². The molecular weight excluding hydrogens is 418 g/mol. The van der Waals surface area contributed by atoms with Crippen molar-refractivity contribution in [2.75, 3.05) is 38.1 Å². The fraction of sp³-hybridized carbons (Fsp3) is 0.286. The Balaban J connectivity index is 1.50. The number of hydrogen-bond donors (Lipinski definition) is 1. The summed E-state index contributed by atoms with van der Waals surface area (Å²) < 4.78 is 15.6. The molecule has 0 radical (unpaired) electrons. The van der Waals surface area contributed by atoms with Gasteiger partial charge in [-0.2, -0.15) is 5.11 Å². The normalized spacial score (nSPS) is 19.2. The Hall–Kier alpha value is -4.15. The van der Waals surface area contributed by atoms with Gasteiger partial charge in [-0.05, 0) is 24.3 Å². The van der Waals surface area contributed by atoms with E-state index in [2.05, 4.69) is 15.7 Å². The Morgan fingerprint density at radius 2 is 1.78 bits per heavy atom. The first-order valence-corrected chi connectivity index (χ1v) is 9.68. The van der Waals surface area contributed by atoms with Gasteiger partial charge in [0.05, 0.1) is 27.0 Å². The average Bonchev–Trinajstić information content (AvgIpc) is 3.32. The number of nitrogens with zero attached hydrogens (tertiary/aromatic N) is 4. The van der Waals surface area contributed by atoms with Gasteiger partial charge in [0.2, 0.25) is 5.91 Å². The van der Waals surface area contributed by atoms with E-state index in [9.17, 15) is 14.4 Å². The molecule has 11 nitrogen and oxygen atoms in total. The van der Waals surface area contributed by atoms with E-state index in [1.54, 1.807) is 36.4 Å². The molecule has 1 N–H and O–H groups in total. The largest absolute Gasteiger partial charge is 0.497 e. The standard InChI is InChI=1S/C21H21N5O6/c1-30-14-6-4-5-12(9-14)22-17(27)11-25-19-18(23-24-25)20(28)26(21(19)29)13-7-8-15(31-2)16(10-13)32-3/h4-10,18-19H,11H2,1-3H3,(H,22,27)/t18-,19-/m1/s1. The lowest BCUT2D eigenvalue weighted by Gasteiger charge is -2.20. The third kappa shape index (κ3) is 3.68. The van der Waals surface area contributed by atoms with Gasteiger partial charge in [0.1, 0.15) is 12.3 Å². The first-order chi connectivity index (χ1) is 15.5. The molecule has 0 bridgehead atoms. The van der Waals surface area contributed by atoms with Gasteiger partial charge >= 0.3 is 0 Å². The van der Waals surface area contributed by atoms with Gasteiger partial charge in [-0.25, -0.2) is 4.90 Å². The number of anilines is 2. The molecule has 2 aromatic rings. The van der Waals surface area contributed by atoms with E-state index < -0.39 is 29.8 Å². The van der Waals surface area contributed by atoms with Crippen molar-refractivity contribution in [3.05, 3.63) is 42.5 Å². The van der Waals surface area contributed by atoms with Gasteiger partial charge in [0, 0.05) is 17.8 Å². The van der Waals surface area contributed by atoms with Crippen LogP contribution in [-0.4, -0.2) is 62.7 Å². The minimum Gasteiger partial charge on any atom is -0.497 e. The van der Waals surface area contributed by atoms with Gasteiger partial charge in [-0.1, -0.05) is 11.3 Å². The van der Waals surface area contributed by atoms with Crippen LogP contribution in [0.4, 0.5) is 11.4 Å². The summed E-state index contributed by atoms with van der Waals surface area (Å²) in [5, 5.41) is 11.8. The highest BCUT2D eigenvalue weighted by molar-refractivity contribution is 6.25. The number of fused-ring (bicyclic) bond motifs is 1. The summed E-state index contributed by atoms with van der Waals surface area (Å²) in [5.41, 5.74) is 0.853. The number of hydrogen-bond acceptors (Lipinski definition) is 9. The van der Waals surface area contributed by atoms with Crippen molar-refractivity contribution in [2.24, 2.45) is 10.3 Å². The maximum absolute atomic E-state index is 13.1. The minimum absolute atomic E-state index is 0.249. The van der Waals surface area contributed by atoms with Crippen LogP contribution in [-0.2, 0) is 14.4 Å². The number of nitrogens with one attached hydrogen (secondary N) is 1. The molecule has 2 atom stereocenters. The number of methoxy groups -OCH3 is 3. The number of rotatable bonds is 7. The number of ether oxygens (including phenoxy) is 3. The molecule has 1 fully saturated rings. The van der Waals surface area contributed by atoms with Crippen LogP contribution < -0.4 is 24.4 Å².